The first-order valence-electron chi connectivity index (χ1n) is 3.36. The molecule has 6 heteroatoms. The first-order valence-corrected chi connectivity index (χ1v) is 3.36. The van der Waals surface area contributed by atoms with Gasteiger partial charge in [-0.05, 0) is 0 Å². The third kappa shape index (κ3) is 1.05. The predicted molar refractivity (Wildman–Crippen MR) is 32.5 cm³/mol. The summed E-state index contributed by atoms with van der Waals surface area (Å²) in [7, 11) is 0. The molecule has 2 heterocycles. The first-order chi connectivity index (χ1) is 5.70. The predicted octanol–water partition coefficient (Wildman–Crippen LogP) is 0.0588. The van der Waals surface area contributed by atoms with Gasteiger partial charge in [0.1, 0.15) is 19.8 Å². The van der Waals surface area contributed by atoms with Crippen LogP contribution in [0.5, 0.6) is 0 Å². The van der Waals surface area contributed by atoms with E-state index in [-0.39, 0.29) is 19.8 Å². The molecule has 0 unspecified atom stereocenters. The Balaban J connectivity index is 2.04. The lowest BCUT2D eigenvalue weighted by Crippen LogP contribution is -2.47. The zero-order valence-corrected chi connectivity index (χ0v) is 6.07. The molecule has 0 amide bonds. The molecule has 0 aromatic carbocycles. The molecular formula is C6H6O6. The summed E-state index contributed by atoms with van der Waals surface area (Å²) in [4.78, 5) is 21.0. The Morgan fingerprint density at radius 3 is 1.92 bits per heavy atom. The van der Waals surface area contributed by atoms with Gasteiger partial charge < -0.3 is 18.9 Å². The minimum Gasteiger partial charge on any atom is -0.430 e. The zero-order valence-electron chi connectivity index (χ0n) is 6.07. The normalized spacial score (nSPS) is 25.7. The van der Waals surface area contributed by atoms with Crippen molar-refractivity contribution in [3.05, 3.63) is 0 Å². The van der Waals surface area contributed by atoms with Crippen molar-refractivity contribution in [3.63, 3.8) is 0 Å². The largest absolute Gasteiger partial charge is 0.509 e. The second-order valence-electron chi connectivity index (χ2n) is 2.65. The van der Waals surface area contributed by atoms with Crippen molar-refractivity contribution in [3.8, 4) is 0 Å². The van der Waals surface area contributed by atoms with Crippen LogP contribution in [-0.2, 0) is 18.9 Å². The maximum atomic E-state index is 10.6. The number of carbonyl (C=O) groups excluding carboxylic acids is 2. The van der Waals surface area contributed by atoms with Gasteiger partial charge in [0.05, 0.1) is 0 Å². The van der Waals surface area contributed by atoms with Crippen molar-refractivity contribution in [1.29, 1.82) is 0 Å². The van der Waals surface area contributed by atoms with Crippen molar-refractivity contribution in [2.75, 3.05) is 19.8 Å². The van der Waals surface area contributed by atoms with E-state index >= 15 is 0 Å². The van der Waals surface area contributed by atoms with Gasteiger partial charge in [-0.3, -0.25) is 0 Å². The number of hydrogen-bond acceptors (Lipinski definition) is 6. The summed E-state index contributed by atoms with van der Waals surface area (Å²) in [6, 6.07) is 0. The summed E-state index contributed by atoms with van der Waals surface area (Å²) < 4.78 is 18.4. The van der Waals surface area contributed by atoms with Crippen LogP contribution in [0.4, 0.5) is 9.59 Å². The van der Waals surface area contributed by atoms with E-state index in [1.807, 2.05) is 0 Å². The fourth-order valence-corrected chi connectivity index (χ4v) is 1.03. The summed E-state index contributed by atoms with van der Waals surface area (Å²) in [5, 5.41) is 0. The quantitative estimate of drug-likeness (QED) is 0.483. The molecule has 66 valence electrons. The molecule has 0 bridgehead atoms. The second kappa shape index (κ2) is 2.26. The van der Waals surface area contributed by atoms with Gasteiger partial charge in [0.15, 0.2) is 0 Å². The van der Waals surface area contributed by atoms with Crippen LogP contribution in [0.15, 0.2) is 0 Å². The van der Waals surface area contributed by atoms with Crippen LogP contribution >= 0.6 is 0 Å². The molecule has 0 aliphatic carbocycles. The van der Waals surface area contributed by atoms with Gasteiger partial charge in [0.2, 0.25) is 5.60 Å². The molecule has 2 saturated heterocycles. The van der Waals surface area contributed by atoms with Gasteiger partial charge >= 0.3 is 12.3 Å². The molecule has 0 aromatic heterocycles. The fourth-order valence-electron chi connectivity index (χ4n) is 1.03. The Bertz CT molecular complexity index is 224. The molecule has 0 radical (unpaired) electrons. The molecule has 2 aliphatic heterocycles. The zero-order chi connectivity index (χ0) is 8.60. The maximum absolute atomic E-state index is 10.6. The summed E-state index contributed by atoms with van der Waals surface area (Å²) in [6.07, 6.45) is -1.50. The highest BCUT2D eigenvalue weighted by atomic mass is 16.8. The number of rotatable bonds is 0. The van der Waals surface area contributed by atoms with Gasteiger partial charge in [-0.2, -0.15) is 0 Å². The van der Waals surface area contributed by atoms with Crippen molar-refractivity contribution in [1.82, 2.24) is 0 Å². The molecular weight excluding hydrogens is 168 g/mol. The first kappa shape index (κ1) is 7.20. The average molecular weight is 174 g/mol. The highest BCUT2D eigenvalue weighted by molar-refractivity contribution is 5.64. The maximum Gasteiger partial charge on any atom is 0.509 e. The van der Waals surface area contributed by atoms with Gasteiger partial charge in [0, 0.05) is 0 Å². The number of hydrogen-bond donors (Lipinski definition) is 0. The highest BCUT2D eigenvalue weighted by Gasteiger charge is 2.47. The molecule has 12 heavy (non-hydrogen) atoms. The standard InChI is InChI=1S/C6H6O6/c7-4-9-1-6(2-10-4)3-11-5(8)12-6/h1-3H2. The van der Waals surface area contributed by atoms with Crippen LogP contribution in [-0.4, -0.2) is 37.7 Å². The van der Waals surface area contributed by atoms with Crippen LogP contribution in [0.25, 0.3) is 0 Å². The van der Waals surface area contributed by atoms with E-state index in [1.165, 1.54) is 0 Å². The molecule has 2 fully saturated rings. The van der Waals surface area contributed by atoms with E-state index < -0.39 is 17.9 Å². The van der Waals surface area contributed by atoms with Crippen molar-refractivity contribution in [2.24, 2.45) is 0 Å². The highest BCUT2D eigenvalue weighted by Crippen LogP contribution is 2.24. The Hall–Kier alpha value is -1.46. The van der Waals surface area contributed by atoms with Crippen LogP contribution < -0.4 is 0 Å². The molecule has 2 rings (SSSR count). The van der Waals surface area contributed by atoms with Crippen LogP contribution in [0.3, 0.4) is 0 Å². The lowest BCUT2D eigenvalue weighted by molar-refractivity contribution is -0.101. The van der Waals surface area contributed by atoms with E-state index in [0.717, 1.165) is 0 Å². The third-order valence-electron chi connectivity index (χ3n) is 1.66. The topological polar surface area (TPSA) is 71.1 Å². The van der Waals surface area contributed by atoms with Crippen molar-refractivity contribution in [2.45, 2.75) is 5.60 Å². The van der Waals surface area contributed by atoms with E-state index in [1.54, 1.807) is 0 Å². The lowest BCUT2D eigenvalue weighted by atomic mass is 10.1. The smallest absolute Gasteiger partial charge is 0.430 e. The van der Waals surface area contributed by atoms with E-state index in [2.05, 4.69) is 14.2 Å². The van der Waals surface area contributed by atoms with Crippen LogP contribution in [0, 0.1) is 0 Å². The summed E-state index contributed by atoms with van der Waals surface area (Å²) in [6.45, 7) is 0.0637. The summed E-state index contributed by atoms with van der Waals surface area (Å²) in [5.41, 5.74) is -0.912. The van der Waals surface area contributed by atoms with E-state index in [9.17, 15) is 9.59 Å². The molecule has 2 aliphatic rings. The van der Waals surface area contributed by atoms with E-state index in [4.69, 9.17) is 4.74 Å². The minimum absolute atomic E-state index is 0.00241. The molecule has 1 spiro atoms. The Labute approximate surface area is 67.3 Å². The molecule has 0 N–H and O–H groups in total. The minimum atomic E-state index is -0.912. The Morgan fingerprint density at radius 1 is 0.917 bits per heavy atom. The van der Waals surface area contributed by atoms with Crippen LogP contribution in [0.2, 0.25) is 0 Å². The summed E-state index contributed by atoms with van der Waals surface area (Å²) >= 11 is 0. The van der Waals surface area contributed by atoms with Crippen molar-refractivity contribution < 1.29 is 28.5 Å². The second-order valence-corrected chi connectivity index (χ2v) is 2.65. The Morgan fingerprint density at radius 2 is 1.42 bits per heavy atom. The monoisotopic (exact) mass is 174 g/mol. The average Bonchev–Trinajstić information content (AvgIpc) is 2.40. The molecule has 0 saturated carbocycles. The van der Waals surface area contributed by atoms with Gasteiger partial charge in [0.25, 0.3) is 0 Å². The summed E-state index contributed by atoms with van der Waals surface area (Å²) in [5.74, 6) is 0. The van der Waals surface area contributed by atoms with E-state index in [0.29, 0.717) is 0 Å². The lowest BCUT2D eigenvalue weighted by Gasteiger charge is -2.27. The third-order valence-corrected chi connectivity index (χ3v) is 1.66. The van der Waals surface area contributed by atoms with Gasteiger partial charge in [-0.1, -0.05) is 0 Å². The van der Waals surface area contributed by atoms with Crippen molar-refractivity contribution >= 4 is 12.3 Å². The van der Waals surface area contributed by atoms with Gasteiger partial charge in [-0.15, -0.1) is 0 Å². The van der Waals surface area contributed by atoms with Crippen LogP contribution in [0.1, 0.15) is 0 Å². The SMILES string of the molecule is O=C1OCC2(CO1)COC(=O)O2. The number of carbonyl (C=O) groups is 2. The number of ether oxygens (including phenoxy) is 4. The number of cyclic esters (lactones) is 3. The Kier molecular flexibility index (Phi) is 1.36. The van der Waals surface area contributed by atoms with Gasteiger partial charge in [-0.25, -0.2) is 9.59 Å². The molecule has 6 nitrogen and oxygen atoms in total. The molecule has 0 atom stereocenters. The molecule has 0 aromatic rings. The fraction of sp³-hybridized carbons (Fsp3) is 0.667.